The molecule has 0 aromatic carbocycles. The fraction of sp³-hybridized carbons (Fsp3) is 0.714. The first-order valence-electron chi connectivity index (χ1n) is 3.64. The van der Waals surface area contributed by atoms with Crippen molar-refractivity contribution in [2.45, 2.75) is 26.9 Å². The number of allylic oxidation sites excluding steroid dienone is 2. The largest absolute Gasteiger partial charge is 0.298 e. The van der Waals surface area contributed by atoms with Crippen LogP contribution in [-0.4, -0.2) is 17.8 Å². The molecule has 1 fully saturated rings. The number of nitrogens with zero attached hydrogens (tertiary/aromatic N) is 1. The predicted octanol–water partition coefficient (Wildman–Crippen LogP) is 0.623. The van der Waals surface area contributed by atoms with Crippen molar-refractivity contribution >= 4 is 0 Å². The molecule has 0 aliphatic carbocycles. The normalized spacial score (nSPS) is 27.7. The Kier molecular flexibility index (Phi) is 2.29. The standard InChI is InChI=1S/C7H15N3/c1-4-6(2)10-5-8-7(3)9-10/h4,7-9H,5H2,1-3H3. The predicted molar refractivity (Wildman–Crippen MR) is 41.9 cm³/mol. The summed E-state index contributed by atoms with van der Waals surface area (Å²) in [6.45, 7) is 7.13. The first-order chi connectivity index (χ1) is 4.74. The van der Waals surface area contributed by atoms with Gasteiger partial charge in [-0.2, -0.15) is 0 Å². The lowest BCUT2D eigenvalue weighted by Crippen LogP contribution is -2.33. The maximum atomic E-state index is 3.26. The quantitative estimate of drug-likeness (QED) is 0.560. The maximum absolute atomic E-state index is 3.26. The van der Waals surface area contributed by atoms with E-state index in [1.165, 1.54) is 5.70 Å². The Bertz CT molecular complexity index is 142. The highest BCUT2D eigenvalue weighted by molar-refractivity contribution is 4.95. The first kappa shape index (κ1) is 7.57. The maximum Gasteiger partial charge on any atom is 0.0847 e. The van der Waals surface area contributed by atoms with Gasteiger partial charge < -0.3 is 0 Å². The second-order valence-electron chi connectivity index (χ2n) is 2.57. The van der Waals surface area contributed by atoms with Gasteiger partial charge in [-0.3, -0.25) is 10.3 Å². The topological polar surface area (TPSA) is 27.3 Å². The Morgan fingerprint density at radius 1 is 1.70 bits per heavy atom. The van der Waals surface area contributed by atoms with Crippen LogP contribution in [0.1, 0.15) is 20.8 Å². The fourth-order valence-electron chi connectivity index (χ4n) is 0.936. The van der Waals surface area contributed by atoms with Crippen LogP contribution in [0, 0.1) is 0 Å². The van der Waals surface area contributed by atoms with Gasteiger partial charge in [0.1, 0.15) is 0 Å². The first-order valence-corrected chi connectivity index (χ1v) is 3.64. The van der Waals surface area contributed by atoms with Gasteiger partial charge in [0.05, 0.1) is 12.8 Å². The van der Waals surface area contributed by atoms with E-state index >= 15 is 0 Å². The lowest BCUT2D eigenvalue weighted by molar-refractivity contribution is 0.306. The number of hydrogen-bond donors (Lipinski definition) is 2. The smallest absolute Gasteiger partial charge is 0.0847 e. The average molecular weight is 141 g/mol. The molecule has 1 aliphatic rings. The molecule has 3 nitrogen and oxygen atoms in total. The van der Waals surface area contributed by atoms with Crippen molar-refractivity contribution in [3.63, 3.8) is 0 Å². The van der Waals surface area contributed by atoms with Crippen LogP contribution in [-0.2, 0) is 0 Å². The summed E-state index contributed by atoms with van der Waals surface area (Å²) < 4.78 is 0. The van der Waals surface area contributed by atoms with Gasteiger partial charge in [0.15, 0.2) is 0 Å². The van der Waals surface area contributed by atoms with Gasteiger partial charge in [0.2, 0.25) is 0 Å². The van der Waals surface area contributed by atoms with Crippen molar-refractivity contribution in [3.05, 3.63) is 11.8 Å². The molecule has 0 radical (unpaired) electrons. The highest BCUT2D eigenvalue weighted by atomic mass is 15.6. The van der Waals surface area contributed by atoms with E-state index in [0.29, 0.717) is 6.17 Å². The van der Waals surface area contributed by atoms with E-state index in [0.717, 1.165) is 6.67 Å². The zero-order chi connectivity index (χ0) is 7.56. The molecule has 0 aromatic heterocycles. The van der Waals surface area contributed by atoms with Gasteiger partial charge in [0.25, 0.3) is 0 Å². The van der Waals surface area contributed by atoms with Crippen molar-refractivity contribution in [2.75, 3.05) is 6.67 Å². The summed E-state index contributed by atoms with van der Waals surface area (Å²) in [6.07, 6.45) is 2.49. The Hall–Kier alpha value is -0.540. The Labute approximate surface area is 62.1 Å². The third-order valence-electron chi connectivity index (χ3n) is 1.75. The van der Waals surface area contributed by atoms with Gasteiger partial charge in [-0.15, -0.1) is 0 Å². The van der Waals surface area contributed by atoms with E-state index in [4.69, 9.17) is 0 Å². The molecule has 1 saturated heterocycles. The Morgan fingerprint density at radius 2 is 2.40 bits per heavy atom. The third kappa shape index (κ3) is 1.49. The van der Waals surface area contributed by atoms with E-state index < -0.39 is 0 Å². The Balaban J connectivity index is 2.45. The molecular weight excluding hydrogens is 126 g/mol. The SMILES string of the molecule is CC=C(C)N1CNC(C)N1. The van der Waals surface area contributed by atoms with Crippen LogP contribution in [0.5, 0.6) is 0 Å². The molecule has 0 spiro atoms. The summed E-state index contributed by atoms with van der Waals surface area (Å²) in [7, 11) is 0. The summed E-state index contributed by atoms with van der Waals surface area (Å²) in [5.41, 5.74) is 4.52. The summed E-state index contributed by atoms with van der Waals surface area (Å²) >= 11 is 0. The molecule has 58 valence electrons. The summed E-state index contributed by atoms with van der Waals surface area (Å²) in [6, 6.07) is 0. The monoisotopic (exact) mass is 141 g/mol. The zero-order valence-corrected chi connectivity index (χ0v) is 6.81. The van der Waals surface area contributed by atoms with E-state index in [1.807, 2.05) is 6.92 Å². The molecule has 0 aromatic rings. The van der Waals surface area contributed by atoms with E-state index in [2.05, 4.69) is 35.7 Å². The van der Waals surface area contributed by atoms with Crippen LogP contribution >= 0.6 is 0 Å². The fourth-order valence-corrected chi connectivity index (χ4v) is 0.936. The van der Waals surface area contributed by atoms with Gasteiger partial charge in [-0.05, 0) is 20.8 Å². The van der Waals surface area contributed by atoms with E-state index in [9.17, 15) is 0 Å². The van der Waals surface area contributed by atoms with Crippen molar-refractivity contribution < 1.29 is 0 Å². The number of hydrogen-bond acceptors (Lipinski definition) is 3. The molecule has 2 N–H and O–H groups in total. The molecular formula is C7H15N3. The van der Waals surface area contributed by atoms with E-state index in [1.54, 1.807) is 0 Å². The Morgan fingerprint density at radius 3 is 2.80 bits per heavy atom. The van der Waals surface area contributed by atoms with Gasteiger partial charge in [0, 0.05) is 5.70 Å². The second kappa shape index (κ2) is 3.03. The van der Waals surface area contributed by atoms with Crippen molar-refractivity contribution in [2.24, 2.45) is 0 Å². The average Bonchev–Trinajstić information content (AvgIpc) is 2.34. The highest BCUT2D eigenvalue weighted by Crippen LogP contribution is 2.02. The molecule has 3 heteroatoms. The molecule has 10 heavy (non-hydrogen) atoms. The van der Waals surface area contributed by atoms with Crippen LogP contribution in [0.15, 0.2) is 11.8 Å². The molecule has 0 bridgehead atoms. The van der Waals surface area contributed by atoms with Crippen molar-refractivity contribution in [1.82, 2.24) is 15.8 Å². The summed E-state index contributed by atoms with van der Waals surface area (Å²) in [4.78, 5) is 0. The van der Waals surface area contributed by atoms with Crippen LogP contribution < -0.4 is 10.7 Å². The highest BCUT2D eigenvalue weighted by Gasteiger charge is 2.15. The molecule has 1 heterocycles. The van der Waals surface area contributed by atoms with Crippen molar-refractivity contribution in [3.8, 4) is 0 Å². The zero-order valence-electron chi connectivity index (χ0n) is 6.81. The minimum absolute atomic E-state index is 0.398. The summed E-state index contributed by atoms with van der Waals surface area (Å²) in [5, 5.41) is 5.36. The summed E-state index contributed by atoms with van der Waals surface area (Å²) in [5.74, 6) is 0. The molecule has 1 aliphatic heterocycles. The van der Waals surface area contributed by atoms with Crippen LogP contribution in [0.2, 0.25) is 0 Å². The lowest BCUT2D eigenvalue weighted by Gasteiger charge is -2.17. The second-order valence-corrected chi connectivity index (χ2v) is 2.57. The molecule has 1 atom stereocenters. The van der Waals surface area contributed by atoms with E-state index in [-0.39, 0.29) is 0 Å². The van der Waals surface area contributed by atoms with Crippen molar-refractivity contribution in [1.29, 1.82) is 0 Å². The van der Waals surface area contributed by atoms with Gasteiger partial charge in [-0.1, -0.05) is 6.08 Å². The number of rotatable bonds is 1. The minimum atomic E-state index is 0.398. The third-order valence-corrected chi connectivity index (χ3v) is 1.75. The lowest BCUT2D eigenvalue weighted by atomic mass is 10.4. The van der Waals surface area contributed by atoms with Gasteiger partial charge >= 0.3 is 0 Å². The number of hydrazine groups is 1. The molecule has 0 amide bonds. The minimum Gasteiger partial charge on any atom is -0.298 e. The molecule has 1 rings (SSSR count). The molecule has 1 unspecified atom stereocenters. The van der Waals surface area contributed by atoms with Crippen LogP contribution in [0.4, 0.5) is 0 Å². The number of nitrogens with one attached hydrogen (secondary N) is 2. The van der Waals surface area contributed by atoms with Crippen LogP contribution in [0.3, 0.4) is 0 Å². The van der Waals surface area contributed by atoms with Crippen LogP contribution in [0.25, 0.3) is 0 Å². The molecule has 0 saturated carbocycles. The van der Waals surface area contributed by atoms with Gasteiger partial charge in [-0.25, -0.2) is 5.43 Å².